The van der Waals surface area contributed by atoms with Gasteiger partial charge in [-0.2, -0.15) is 0 Å². The van der Waals surface area contributed by atoms with Gasteiger partial charge in [-0.1, -0.05) is 26.7 Å². The van der Waals surface area contributed by atoms with Crippen LogP contribution in [0, 0.1) is 11.3 Å². The maximum Gasteiger partial charge on any atom is 0.234 e. The van der Waals surface area contributed by atoms with Gasteiger partial charge in [0.1, 0.15) is 0 Å². The Hall–Kier alpha value is -0.620. The summed E-state index contributed by atoms with van der Waals surface area (Å²) in [5.74, 6) is 0.590. The predicted octanol–water partition coefficient (Wildman–Crippen LogP) is 2.54. The van der Waals surface area contributed by atoms with Crippen molar-refractivity contribution in [3.05, 3.63) is 0 Å². The summed E-state index contributed by atoms with van der Waals surface area (Å²) in [6.07, 6.45) is 6.74. The highest BCUT2D eigenvalue weighted by atomic mass is 16.1. The Morgan fingerprint density at radius 2 is 2.25 bits per heavy atom. The summed E-state index contributed by atoms with van der Waals surface area (Å²) in [5, 5.41) is 0. The lowest BCUT2D eigenvalue weighted by molar-refractivity contribution is 0.145. The van der Waals surface area contributed by atoms with E-state index in [1.807, 2.05) is 0 Å². The lowest BCUT2D eigenvalue weighted by Gasteiger charge is -2.37. The molecule has 1 rings (SSSR count). The molecular weight excluding hydrogens is 150 g/mol. The Labute approximate surface area is 74.1 Å². The Kier molecular flexibility index (Phi) is 3.05. The molecule has 68 valence electrons. The largest absolute Gasteiger partial charge is 0.234 e. The molecule has 1 atom stereocenters. The van der Waals surface area contributed by atoms with Crippen LogP contribution < -0.4 is 0 Å². The predicted molar refractivity (Wildman–Crippen MR) is 48.7 cm³/mol. The molecule has 0 aromatic rings. The van der Waals surface area contributed by atoms with Crippen molar-refractivity contribution >= 4 is 6.08 Å². The molecule has 0 radical (unpaired) electrons. The molecule has 0 saturated heterocycles. The molecule has 1 aliphatic carbocycles. The van der Waals surface area contributed by atoms with E-state index in [1.54, 1.807) is 6.08 Å². The summed E-state index contributed by atoms with van der Waals surface area (Å²) < 4.78 is 0. The quantitative estimate of drug-likeness (QED) is 0.459. The molecule has 0 heterocycles. The van der Waals surface area contributed by atoms with Crippen LogP contribution in [-0.4, -0.2) is 12.6 Å². The molecule has 0 aromatic heterocycles. The van der Waals surface area contributed by atoms with E-state index in [0.717, 1.165) is 0 Å². The summed E-state index contributed by atoms with van der Waals surface area (Å²) in [7, 11) is 0. The van der Waals surface area contributed by atoms with E-state index in [-0.39, 0.29) is 0 Å². The molecule has 0 aliphatic heterocycles. The molecule has 2 heteroatoms. The van der Waals surface area contributed by atoms with E-state index >= 15 is 0 Å². The zero-order valence-corrected chi connectivity index (χ0v) is 7.97. The highest BCUT2D eigenvalue weighted by molar-refractivity contribution is 5.32. The van der Waals surface area contributed by atoms with E-state index < -0.39 is 0 Å². The monoisotopic (exact) mass is 167 g/mol. The van der Waals surface area contributed by atoms with Crippen LogP contribution >= 0.6 is 0 Å². The summed E-state index contributed by atoms with van der Waals surface area (Å²) in [5.41, 5.74) is 0.374. The second-order valence-corrected chi connectivity index (χ2v) is 4.36. The number of nitrogens with zero attached hydrogens (tertiary/aromatic N) is 1. The van der Waals surface area contributed by atoms with Gasteiger partial charge in [-0.15, -0.1) is 0 Å². The van der Waals surface area contributed by atoms with Crippen molar-refractivity contribution in [1.82, 2.24) is 0 Å². The molecule has 0 spiro atoms. The van der Waals surface area contributed by atoms with E-state index in [0.29, 0.717) is 17.9 Å². The first-order valence-corrected chi connectivity index (χ1v) is 4.70. The van der Waals surface area contributed by atoms with Gasteiger partial charge in [0, 0.05) is 0 Å². The smallest absolute Gasteiger partial charge is 0.211 e. The molecule has 1 unspecified atom stereocenters. The lowest BCUT2D eigenvalue weighted by Crippen LogP contribution is -2.29. The van der Waals surface area contributed by atoms with Gasteiger partial charge in [0.15, 0.2) is 0 Å². The third-order valence-electron chi connectivity index (χ3n) is 3.11. The normalized spacial score (nSPS) is 27.7. The minimum atomic E-state index is 0.374. The molecule has 0 N–H and O–H groups in total. The highest BCUT2D eigenvalue weighted by Gasteiger charge is 2.31. The molecule has 12 heavy (non-hydrogen) atoms. The molecule has 0 aromatic carbocycles. The average molecular weight is 167 g/mol. The van der Waals surface area contributed by atoms with Gasteiger partial charge in [0.05, 0.1) is 6.54 Å². The van der Waals surface area contributed by atoms with Crippen molar-refractivity contribution in [2.24, 2.45) is 16.3 Å². The third-order valence-corrected chi connectivity index (χ3v) is 3.11. The number of rotatable bonds is 2. The average Bonchev–Trinajstić information content (AvgIpc) is 2.02. The summed E-state index contributed by atoms with van der Waals surface area (Å²) in [6, 6.07) is 0. The minimum absolute atomic E-state index is 0.374. The van der Waals surface area contributed by atoms with Gasteiger partial charge < -0.3 is 0 Å². The summed E-state index contributed by atoms with van der Waals surface area (Å²) in [4.78, 5) is 13.7. The van der Waals surface area contributed by atoms with Gasteiger partial charge in [0.25, 0.3) is 0 Å². The van der Waals surface area contributed by atoms with Gasteiger partial charge >= 0.3 is 0 Å². The topological polar surface area (TPSA) is 29.4 Å². The van der Waals surface area contributed by atoms with Crippen LogP contribution in [0.5, 0.6) is 0 Å². The number of aliphatic imine (C=N–C) groups is 1. The van der Waals surface area contributed by atoms with Crippen molar-refractivity contribution < 1.29 is 4.79 Å². The van der Waals surface area contributed by atoms with Crippen LogP contribution in [0.25, 0.3) is 0 Å². The first-order chi connectivity index (χ1) is 5.67. The fourth-order valence-electron chi connectivity index (χ4n) is 2.05. The number of carbonyl (C=O) groups excluding carboxylic acids is 1. The lowest BCUT2D eigenvalue weighted by atomic mass is 9.69. The molecule has 1 saturated carbocycles. The van der Waals surface area contributed by atoms with Crippen LogP contribution in [0.15, 0.2) is 4.99 Å². The van der Waals surface area contributed by atoms with E-state index in [4.69, 9.17) is 0 Å². The van der Waals surface area contributed by atoms with Crippen LogP contribution in [0.4, 0.5) is 0 Å². The molecular formula is C10H17NO. The summed E-state index contributed by atoms with van der Waals surface area (Å²) in [6.45, 7) is 5.23. The fraction of sp³-hybridized carbons (Fsp3) is 0.900. The molecule has 2 nitrogen and oxygen atoms in total. The van der Waals surface area contributed by atoms with Crippen molar-refractivity contribution in [3.8, 4) is 0 Å². The molecule has 1 aliphatic rings. The molecule has 0 bridgehead atoms. The first-order valence-electron chi connectivity index (χ1n) is 4.70. The van der Waals surface area contributed by atoms with Crippen LogP contribution in [0.1, 0.15) is 39.5 Å². The van der Waals surface area contributed by atoms with Crippen molar-refractivity contribution in [2.75, 3.05) is 6.54 Å². The Bertz CT molecular complexity index is 192. The van der Waals surface area contributed by atoms with Gasteiger partial charge in [0.2, 0.25) is 6.08 Å². The number of isocyanates is 1. The zero-order chi connectivity index (χ0) is 9.03. The van der Waals surface area contributed by atoms with Gasteiger partial charge in [-0.05, 0) is 24.2 Å². The van der Waals surface area contributed by atoms with Gasteiger partial charge in [-0.25, -0.2) is 9.79 Å². The Balaban J connectivity index is 2.53. The SMILES string of the molecule is CC1(C)CCCCC1CN=C=O. The van der Waals surface area contributed by atoms with Gasteiger partial charge in [-0.3, -0.25) is 0 Å². The molecule has 1 fully saturated rings. The highest BCUT2D eigenvalue weighted by Crippen LogP contribution is 2.40. The van der Waals surface area contributed by atoms with Crippen LogP contribution in [0.3, 0.4) is 0 Å². The van der Waals surface area contributed by atoms with Crippen molar-refractivity contribution in [1.29, 1.82) is 0 Å². The third kappa shape index (κ3) is 2.18. The van der Waals surface area contributed by atoms with Crippen LogP contribution in [0.2, 0.25) is 0 Å². The maximum atomic E-state index is 9.97. The Morgan fingerprint density at radius 3 is 2.83 bits per heavy atom. The van der Waals surface area contributed by atoms with Crippen molar-refractivity contribution in [3.63, 3.8) is 0 Å². The second kappa shape index (κ2) is 3.86. The maximum absolute atomic E-state index is 9.97. The minimum Gasteiger partial charge on any atom is -0.211 e. The zero-order valence-electron chi connectivity index (χ0n) is 7.97. The standard InChI is InChI=1S/C10H17NO/c1-10(2)6-4-3-5-9(10)7-11-8-12/h9H,3-7H2,1-2H3. The van der Waals surface area contributed by atoms with Crippen molar-refractivity contribution in [2.45, 2.75) is 39.5 Å². The fourth-order valence-corrected chi connectivity index (χ4v) is 2.05. The second-order valence-electron chi connectivity index (χ2n) is 4.36. The molecule has 0 amide bonds. The summed E-state index contributed by atoms with van der Waals surface area (Å²) >= 11 is 0. The van der Waals surface area contributed by atoms with E-state index in [9.17, 15) is 4.79 Å². The Morgan fingerprint density at radius 1 is 1.50 bits per heavy atom. The van der Waals surface area contributed by atoms with E-state index in [2.05, 4.69) is 18.8 Å². The van der Waals surface area contributed by atoms with Crippen LogP contribution in [-0.2, 0) is 4.79 Å². The van der Waals surface area contributed by atoms with E-state index in [1.165, 1.54) is 25.7 Å². The number of hydrogen-bond donors (Lipinski definition) is 0. The number of hydrogen-bond acceptors (Lipinski definition) is 2. The first kappa shape index (κ1) is 9.47.